The smallest absolute Gasteiger partial charge is 0.252 e. The Labute approximate surface area is 454 Å². The van der Waals surface area contributed by atoms with Crippen molar-refractivity contribution in [1.82, 2.24) is 41.3 Å². The summed E-state index contributed by atoms with van der Waals surface area (Å²) in [6.07, 6.45) is 0.236. The predicted molar refractivity (Wildman–Crippen MR) is 286 cm³/mol. The number of benzene rings is 3. The molecule has 6 fully saturated rings. The summed E-state index contributed by atoms with van der Waals surface area (Å²) in [6, 6.07) is 12.3. The highest BCUT2D eigenvalue weighted by Crippen LogP contribution is 2.63. The third-order valence-electron chi connectivity index (χ3n) is 18.6. The number of rotatable bonds is 7. The van der Waals surface area contributed by atoms with Crippen molar-refractivity contribution in [1.29, 1.82) is 0 Å². The van der Waals surface area contributed by atoms with E-state index in [0.717, 1.165) is 0 Å². The molecule has 14 atom stereocenters. The summed E-state index contributed by atoms with van der Waals surface area (Å²) < 4.78 is 0. The molecule has 78 heavy (non-hydrogen) atoms. The maximum Gasteiger partial charge on any atom is 0.252 e. The highest BCUT2D eigenvalue weighted by atomic mass is 16.3. The van der Waals surface area contributed by atoms with Crippen LogP contribution in [-0.4, -0.2) is 146 Å². The van der Waals surface area contributed by atoms with Crippen LogP contribution in [0.4, 0.5) is 11.4 Å². The lowest BCUT2D eigenvalue weighted by atomic mass is 9.76. The zero-order valence-corrected chi connectivity index (χ0v) is 45.1. The molecular formula is C58H72N10O10. The number of carbonyl (C=O) groups is 8. The summed E-state index contributed by atoms with van der Waals surface area (Å²) in [5, 5.41) is 39.3. The van der Waals surface area contributed by atoms with E-state index in [1.165, 1.54) is 21.9 Å². The third kappa shape index (κ3) is 8.20. The molecule has 1 spiro atoms. The number of hydrogen-bond acceptors (Lipinski definition) is 12. The summed E-state index contributed by atoms with van der Waals surface area (Å²) in [5.74, 6) is -5.34. The highest BCUT2D eigenvalue weighted by Gasteiger charge is 2.73. The number of nitrogens with one attached hydrogen (secondary N) is 5. The molecule has 8 amide bonds. The molecule has 0 radical (unpaired) electrons. The molecule has 8 aliphatic heterocycles. The molecule has 6 saturated heterocycles. The number of phenols is 1. The Morgan fingerprint density at radius 2 is 1.17 bits per heavy atom. The van der Waals surface area contributed by atoms with Gasteiger partial charge in [-0.2, -0.15) is 0 Å². The number of amides is 8. The largest absolute Gasteiger partial charge is 0.508 e. The molecule has 0 aliphatic carbocycles. The number of para-hydroxylation sites is 2. The van der Waals surface area contributed by atoms with E-state index in [-0.39, 0.29) is 49.9 Å². The lowest BCUT2D eigenvalue weighted by molar-refractivity contribution is -0.148. The minimum absolute atomic E-state index is 0.0259. The first-order chi connectivity index (χ1) is 37.3. The molecule has 7 N–H and O–H groups in total. The Hall–Kier alpha value is -7.06. The Morgan fingerprint density at radius 3 is 1.79 bits per heavy atom. The van der Waals surface area contributed by atoms with Crippen molar-refractivity contribution in [3.8, 4) is 5.75 Å². The molecule has 0 unspecified atom stereocenters. The molecular weight excluding hydrogens is 997 g/mol. The average Bonchev–Trinajstić information content (AvgIpc) is 2.33. The van der Waals surface area contributed by atoms with Gasteiger partial charge >= 0.3 is 0 Å². The fourth-order valence-corrected chi connectivity index (χ4v) is 14.2. The number of aliphatic hydroxyl groups is 1. The fourth-order valence-electron chi connectivity index (χ4n) is 14.2. The van der Waals surface area contributed by atoms with E-state index >= 15 is 19.2 Å². The molecule has 8 aliphatic rings. The van der Waals surface area contributed by atoms with Gasteiger partial charge in [-0.25, -0.2) is 0 Å². The van der Waals surface area contributed by atoms with Gasteiger partial charge in [-0.1, -0.05) is 103 Å². The van der Waals surface area contributed by atoms with Gasteiger partial charge in [-0.3, -0.25) is 48.6 Å². The number of anilines is 2. The molecule has 20 nitrogen and oxygen atoms in total. The lowest BCUT2D eigenvalue weighted by Crippen LogP contribution is -2.73. The number of nitrogens with zero attached hydrogens (tertiary/aromatic N) is 5. The zero-order valence-electron chi connectivity index (χ0n) is 45.1. The standard InChI is InChI=1S/C58H72N10O10/c1-7-31(5)45-50(73)59-38-28-57(35-15-9-11-17-39(35)66-52(75)43(67(51(38)74)56(57)66)27-33-21-23-34(69)24-22-33)68-40-18-12-10-16-36(40)58(78)29-37(60-55(58)68)47(70)63-46(32(6)8-2)54(77)65-26-14-19-41(65)48(71)61-44(30(3)4)53(76)64-25-13-20-42(64)49(72)62-45/h9-12,15-18,21-24,30-32,37-38,41-46,55-56,60,69,78H,7-8,13-14,19-20,25-29H2,1-6H3,(H,59,73)(H,61,71)(H,62,72)(H,63,70)/t31-,32+,37-,38-,41-,42-,43-,44+,45-,46-,55+,56-,57+,58+/m0/s1. The first kappa shape index (κ1) is 53.0. The van der Waals surface area contributed by atoms with E-state index in [4.69, 9.17) is 0 Å². The highest BCUT2D eigenvalue weighted by molar-refractivity contribution is 6.09. The van der Waals surface area contributed by atoms with Gasteiger partial charge in [0.05, 0.1) is 11.7 Å². The van der Waals surface area contributed by atoms with Gasteiger partial charge in [-0.05, 0) is 73.3 Å². The van der Waals surface area contributed by atoms with E-state index in [9.17, 15) is 29.4 Å². The second kappa shape index (κ2) is 20.0. The van der Waals surface area contributed by atoms with Gasteiger partial charge in [0, 0.05) is 49.2 Å². The van der Waals surface area contributed by atoms with Crippen LogP contribution in [0.15, 0.2) is 72.8 Å². The number of piperidine rings is 1. The van der Waals surface area contributed by atoms with Crippen molar-refractivity contribution in [2.24, 2.45) is 17.8 Å². The van der Waals surface area contributed by atoms with Crippen molar-refractivity contribution >= 4 is 58.6 Å². The minimum atomic E-state index is -1.76. The summed E-state index contributed by atoms with van der Waals surface area (Å²) in [7, 11) is 0. The Kier molecular flexibility index (Phi) is 13.6. The van der Waals surface area contributed by atoms with Crippen LogP contribution in [0.2, 0.25) is 0 Å². The first-order valence-corrected chi connectivity index (χ1v) is 28.1. The molecule has 0 saturated carbocycles. The van der Waals surface area contributed by atoms with Crippen molar-refractivity contribution in [2.45, 2.75) is 171 Å². The van der Waals surface area contributed by atoms with Crippen LogP contribution in [0.3, 0.4) is 0 Å². The van der Waals surface area contributed by atoms with E-state index in [1.807, 2.05) is 69.0 Å². The van der Waals surface area contributed by atoms with Gasteiger partial charge in [0.15, 0.2) is 0 Å². The molecule has 8 heterocycles. The molecule has 4 bridgehead atoms. The Morgan fingerprint density at radius 1 is 0.603 bits per heavy atom. The number of aromatic hydroxyl groups is 1. The van der Waals surface area contributed by atoms with Crippen molar-refractivity contribution in [3.05, 3.63) is 89.5 Å². The van der Waals surface area contributed by atoms with E-state index < -0.39 is 125 Å². The molecule has 3 aromatic carbocycles. The van der Waals surface area contributed by atoms with E-state index in [2.05, 4.69) is 26.6 Å². The van der Waals surface area contributed by atoms with Gasteiger partial charge in [0.25, 0.3) is 5.91 Å². The van der Waals surface area contributed by atoms with Gasteiger partial charge in [0.2, 0.25) is 41.4 Å². The average molecular weight is 1070 g/mol. The van der Waals surface area contributed by atoms with Crippen LogP contribution < -0.4 is 36.4 Å². The summed E-state index contributed by atoms with van der Waals surface area (Å²) in [6.45, 7) is 11.5. The predicted octanol–water partition coefficient (Wildman–Crippen LogP) is 2.20. The fraction of sp³-hybridized carbons (Fsp3) is 0.552. The monoisotopic (exact) mass is 1070 g/mol. The molecule has 0 aromatic heterocycles. The van der Waals surface area contributed by atoms with Crippen molar-refractivity contribution in [2.75, 3.05) is 22.9 Å². The van der Waals surface area contributed by atoms with Gasteiger partial charge in [0.1, 0.15) is 71.5 Å². The maximum atomic E-state index is 15.7. The summed E-state index contributed by atoms with van der Waals surface area (Å²) >= 11 is 0. The molecule has 20 heteroatoms. The normalized spacial score (nSPS) is 33.7. The number of phenolic OH excluding ortho intramolecular Hbond substituents is 1. The topological polar surface area (TPSA) is 253 Å². The Balaban J connectivity index is 1.06. The number of fused-ring (bicyclic) bond motifs is 9. The quantitative estimate of drug-likeness (QED) is 0.180. The van der Waals surface area contributed by atoms with Gasteiger partial charge in [-0.15, -0.1) is 0 Å². The molecule has 414 valence electrons. The minimum Gasteiger partial charge on any atom is -0.508 e. The van der Waals surface area contributed by atoms with Crippen molar-refractivity contribution < 1.29 is 48.6 Å². The maximum absolute atomic E-state index is 15.7. The van der Waals surface area contributed by atoms with Gasteiger partial charge < -0.3 is 51.1 Å². The van der Waals surface area contributed by atoms with Crippen LogP contribution in [0.25, 0.3) is 0 Å². The summed E-state index contributed by atoms with van der Waals surface area (Å²) in [4.78, 5) is 128. The zero-order chi connectivity index (χ0) is 55.3. The lowest BCUT2D eigenvalue weighted by Gasteiger charge is -2.54. The van der Waals surface area contributed by atoms with Crippen LogP contribution in [0.5, 0.6) is 5.75 Å². The van der Waals surface area contributed by atoms with Crippen molar-refractivity contribution in [3.63, 3.8) is 0 Å². The van der Waals surface area contributed by atoms with E-state index in [1.54, 1.807) is 47.9 Å². The number of hydrogen-bond donors (Lipinski definition) is 7. The second-order valence-corrected chi connectivity index (χ2v) is 23.4. The SMILES string of the molecule is CC[C@@H](C)[C@@H]1NC(=O)[C@@H]2C[C@@]3(O)c4ccccc4N([C@H]3N2)[C@]23C[C@H](NC(=O)[C@H]([C@@H](C)CC)NC(=O)[C@@H]4CCCN4C(=O)[C@@H](C(C)C)NC(=O)[C@@H]4CCCN4C1=O)C(=O)N1[C@@H](Cc4ccc(O)cc4)C(=O)N(c4ccccc42)[C@@H]13. The van der Waals surface area contributed by atoms with Crippen LogP contribution in [-0.2, 0) is 55.9 Å². The summed E-state index contributed by atoms with van der Waals surface area (Å²) in [5.41, 5.74) is -0.289. The first-order valence-electron chi connectivity index (χ1n) is 28.1. The molecule has 11 rings (SSSR count). The van der Waals surface area contributed by atoms with Crippen LogP contribution >= 0.6 is 0 Å². The second-order valence-electron chi connectivity index (χ2n) is 23.4. The number of carbonyl (C=O) groups excluding carboxylic acids is 8. The third-order valence-corrected chi connectivity index (χ3v) is 18.6. The Bertz CT molecular complexity index is 2960. The molecule has 3 aromatic rings. The van der Waals surface area contributed by atoms with Crippen LogP contribution in [0, 0.1) is 17.8 Å². The van der Waals surface area contributed by atoms with E-state index in [0.29, 0.717) is 66.6 Å². The van der Waals surface area contributed by atoms with Crippen LogP contribution in [0.1, 0.15) is 110 Å².